The molecule has 2 aromatic rings. The van der Waals surface area contributed by atoms with E-state index >= 15 is 0 Å². The lowest BCUT2D eigenvalue weighted by Gasteiger charge is -2.58. The summed E-state index contributed by atoms with van der Waals surface area (Å²) in [6, 6.07) is 17.8. The highest BCUT2D eigenvalue weighted by atomic mass is 16.5. The van der Waals surface area contributed by atoms with Gasteiger partial charge in [0.2, 0.25) is 0 Å². The fourth-order valence-electron chi connectivity index (χ4n) is 6.06. The number of fused-ring (bicyclic) bond motifs is 1. The van der Waals surface area contributed by atoms with E-state index in [1.165, 1.54) is 12.8 Å². The summed E-state index contributed by atoms with van der Waals surface area (Å²) in [6.45, 7) is 2.98. The van der Waals surface area contributed by atoms with Crippen LogP contribution >= 0.6 is 0 Å². The average Bonchev–Trinajstić information content (AvgIpc) is 3.67. The molecule has 0 aromatic heterocycles. The van der Waals surface area contributed by atoms with E-state index in [2.05, 4.69) is 22.3 Å². The predicted octanol–water partition coefficient (Wildman–Crippen LogP) is 4.26. The number of nitrogens with zero attached hydrogens (tertiary/aromatic N) is 1. The normalized spacial score (nSPS) is 29.2. The van der Waals surface area contributed by atoms with E-state index < -0.39 is 17.1 Å². The van der Waals surface area contributed by atoms with Gasteiger partial charge in [-0.15, -0.1) is 0 Å². The summed E-state index contributed by atoms with van der Waals surface area (Å²) < 4.78 is 11.0. The minimum atomic E-state index is -0.835. The van der Waals surface area contributed by atoms with Gasteiger partial charge in [-0.3, -0.25) is 0 Å². The van der Waals surface area contributed by atoms with Gasteiger partial charge in [0.15, 0.2) is 0 Å². The number of aliphatic hydroxyl groups is 1. The van der Waals surface area contributed by atoms with Crippen molar-refractivity contribution in [2.75, 3.05) is 26.7 Å². The van der Waals surface area contributed by atoms with Crippen LogP contribution in [0, 0.1) is 5.92 Å². The van der Waals surface area contributed by atoms with Crippen molar-refractivity contribution in [1.82, 2.24) is 10.2 Å². The Morgan fingerprint density at radius 3 is 2.71 bits per heavy atom. The Morgan fingerprint density at radius 2 is 1.94 bits per heavy atom. The van der Waals surface area contributed by atoms with E-state index in [1.54, 1.807) is 7.11 Å². The summed E-state index contributed by atoms with van der Waals surface area (Å²) in [7, 11) is 1.68. The predicted molar refractivity (Wildman–Crippen MR) is 131 cm³/mol. The number of nitrogens with one attached hydrogen (secondary N) is 1. The van der Waals surface area contributed by atoms with Crippen molar-refractivity contribution >= 4 is 6.09 Å². The van der Waals surface area contributed by atoms with Crippen LogP contribution in [0.5, 0.6) is 5.75 Å². The Kier molecular flexibility index (Phi) is 6.54. The molecule has 2 saturated carbocycles. The topological polar surface area (TPSA) is 71.0 Å². The summed E-state index contributed by atoms with van der Waals surface area (Å²) in [5.41, 5.74) is 0.798. The molecule has 1 aliphatic heterocycles. The number of benzene rings is 2. The maximum Gasteiger partial charge on any atom is 0.407 e. The maximum absolute atomic E-state index is 12.6. The van der Waals surface area contributed by atoms with Crippen LogP contribution in [0.15, 0.2) is 54.6 Å². The van der Waals surface area contributed by atoms with Crippen LogP contribution in [-0.2, 0) is 16.8 Å². The van der Waals surface area contributed by atoms with Gasteiger partial charge in [0.25, 0.3) is 0 Å². The van der Waals surface area contributed by atoms with Crippen LogP contribution in [-0.4, -0.2) is 54.5 Å². The Labute approximate surface area is 202 Å². The zero-order chi connectivity index (χ0) is 23.6. The molecule has 1 saturated heterocycles. The second-order valence-electron chi connectivity index (χ2n) is 10.4. The minimum absolute atomic E-state index is 0.0512. The van der Waals surface area contributed by atoms with E-state index in [0.29, 0.717) is 19.4 Å². The van der Waals surface area contributed by atoms with Crippen LogP contribution in [0.3, 0.4) is 0 Å². The van der Waals surface area contributed by atoms with Crippen LogP contribution < -0.4 is 10.1 Å². The number of alkyl carbamates (subject to hydrolysis) is 1. The molecule has 182 valence electrons. The second-order valence-corrected chi connectivity index (χ2v) is 10.4. The monoisotopic (exact) mass is 464 g/mol. The zero-order valence-corrected chi connectivity index (χ0v) is 20.0. The van der Waals surface area contributed by atoms with E-state index in [-0.39, 0.29) is 12.6 Å². The van der Waals surface area contributed by atoms with Crippen LogP contribution in [0.25, 0.3) is 0 Å². The fraction of sp³-hybridized carbons (Fsp3) is 0.536. The quantitative estimate of drug-likeness (QED) is 0.641. The summed E-state index contributed by atoms with van der Waals surface area (Å²) in [5, 5.41) is 15.2. The number of carbonyl (C=O) groups excluding carboxylic acids is 1. The van der Waals surface area contributed by atoms with Gasteiger partial charge in [-0.25, -0.2) is 4.79 Å². The molecule has 0 radical (unpaired) electrons. The van der Waals surface area contributed by atoms with Gasteiger partial charge in [-0.05, 0) is 74.2 Å². The van der Waals surface area contributed by atoms with Crippen molar-refractivity contribution in [3.63, 3.8) is 0 Å². The Morgan fingerprint density at radius 1 is 1.12 bits per heavy atom. The number of amides is 1. The SMILES string of the molecule is COc1cccc([C@@]23CCN(CC4CC4)C[C@@]2(O)CC[C@H](NC(=O)OCc2ccccc2)C3)c1. The fourth-order valence-corrected chi connectivity index (χ4v) is 6.06. The summed E-state index contributed by atoms with van der Waals surface area (Å²) >= 11 is 0. The molecule has 3 fully saturated rings. The van der Waals surface area contributed by atoms with E-state index in [0.717, 1.165) is 48.7 Å². The number of ether oxygens (including phenoxy) is 2. The molecule has 1 heterocycles. The van der Waals surface area contributed by atoms with Gasteiger partial charge in [-0.1, -0.05) is 42.5 Å². The van der Waals surface area contributed by atoms with Gasteiger partial charge in [0, 0.05) is 24.5 Å². The number of piperidine rings is 1. The van der Waals surface area contributed by atoms with Crippen molar-refractivity contribution in [3.05, 3.63) is 65.7 Å². The lowest BCUT2D eigenvalue weighted by Crippen LogP contribution is -2.67. The summed E-state index contributed by atoms with van der Waals surface area (Å²) in [4.78, 5) is 15.1. The average molecular weight is 465 g/mol. The van der Waals surface area contributed by atoms with Gasteiger partial charge < -0.3 is 24.8 Å². The van der Waals surface area contributed by atoms with E-state index in [9.17, 15) is 9.90 Å². The Hall–Kier alpha value is -2.57. The van der Waals surface area contributed by atoms with Crippen molar-refractivity contribution in [3.8, 4) is 5.75 Å². The largest absolute Gasteiger partial charge is 0.497 e. The molecule has 3 atom stereocenters. The minimum Gasteiger partial charge on any atom is -0.497 e. The van der Waals surface area contributed by atoms with Crippen LogP contribution in [0.2, 0.25) is 0 Å². The van der Waals surface area contributed by atoms with Crippen LogP contribution in [0.1, 0.15) is 49.7 Å². The van der Waals surface area contributed by atoms with Gasteiger partial charge in [0.05, 0.1) is 12.7 Å². The lowest BCUT2D eigenvalue weighted by atomic mass is 9.55. The lowest BCUT2D eigenvalue weighted by molar-refractivity contribution is -0.126. The molecule has 0 spiro atoms. The van der Waals surface area contributed by atoms with Gasteiger partial charge in [-0.2, -0.15) is 0 Å². The third-order valence-corrected chi connectivity index (χ3v) is 8.10. The van der Waals surface area contributed by atoms with Gasteiger partial charge in [0.1, 0.15) is 12.4 Å². The number of rotatable bonds is 7. The Bertz CT molecular complexity index is 995. The number of carbonyl (C=O) groups is 1. The maximum atomic E-state index is 12.6. The molecule has 0 unspecified atom stereocenters. The number of β-amino-alcohol motifs (C(OH)–C–C–N with tert-alkyl or cyclic N) is 1. The highest BCUT2D eigenvalue weighted by Crippen LogP contribution is 2.52. The molecule has 3 aliphatic rings. The summed E-state index contributed by atoms with van der Waals surface area (Å²) in [5.74, 6) is 1.59. The summed E-state index contributed by atoms with van der Waals surface area (Å²) in [6.07, 6.45) is 5.16. The van der Waals surface area contributed by atoms with Crippen molar-refractivity contribution in [2.24, 2.45) is 5.92 Å². The van der Waals surface area contributed by atoms with Crippen molar-refractivity contribution in [1.29, 1.82) is 0 Å². The third kappa shape index (κ3) is 4.80. The molecular weight excluding hydrogens is 428 g/mol. The first kappa shape index (κ1) is 23.2. The first-order valence-electron chi connectivity index (χ1n) is 12.6. The number of methoxy groups -OCH3 is 1. The number of hydrogen-bond donors (Lipinski definition) is 2. The number of hydrogen-bond acceptors (Lipinski definition) is 5. The molecule has 0 bridgehead atoms. The first-order valence-corrected chi connectivity index (χ1v) is 12.6. The molecule has 1 amide bonds. The van der Waals surface area contributed by atoms with E-state index in [4.69, 9.17) is 9.47 Å². The highest BCUT2D eigenvalue weighted by Gasteiger charge is 2.58. The van der Waals surface area contributed by atoms with Gasteiger partial charge >= 0.3 is 6.09 Å². The smallest absolute Gasteiger partial charge is 0.407 e. The third-order valence-electron chi connectivity index (χ3n) is 8.10. The molecule has 6 nitrogen and oxygen atoms in total. The molecule has 6 heteroatoms. The van der Waals surface area contributed by atoms with Crippen molar-refractivity contribution < 1.29 is 19.4 Å². The molecule has 2 aromatic carbocycles. The molecule has 2 N–H and O–H groups in total. The molecule has 34 heavy (non-hydrogen) atoms. The highest BCUT2D eigenvalue weighted by molar-refractivity contribution is 5.67. The van der Waals surface area contributed by atoms with Crippen LogP contribution in [0.4, 0.5) is 4.79 Å². The van der Waals surface area contributed by atoms with E-state index in [1.807, 2.05) is 42.5 Å². The first-order chi connectivity index (χ1) is 16.5. The molecular formula is C28H36N2O4. The molecule has 5 rings (SSSR count). The number of likely N-dealkylation sites (tertiary alicyclic amines) is 1. The standard InChI is InChI=1S/C28H36N2O4/c1-33-25-9-5-8-23(16-25)27-14-15-30(18-21-10-11-21)20-28(27,32)13-12-24(17-27)29-26(31)34-19-22-6-3-2-4-7-22/h2-9,16,21,24,32H,10-15,17-20H2,1H3,(H,29,31)/t24-,27-,28-/m0/s1. The van der Waals surface area contributed by atoms with Crippen molar-refractivity contribution in [2.45, 2.75) is 62.2 Å². The molecule has 2 aliphatic carbocycles. The second kappa shape index (κ2) is 9.59. The zero-order valence-electron chi connectivity index (χ0n) is 20.0. The Balaban J connectivity index is 1.33.